The first kappa shape index (κ1) is 22.8. The van der Waals surface area contributed by atoms with Gasteiger partial charge in [-0.3, -0.25) is 4.79 Å². The van der Waals surface area contributed by atoms with Crippen LogP contribution in [0, 0.1) is 0 Å². The van der Waals surface area contributed by atoms with Gasteiger partial charge in [0.15, 0.2) is 23.2 Å². The van der Waals surface area contributed by atoms with E-state index in [1.165, 1.54) is 20.3 Å². The molecule has 2 atom stereocenters. The summed E-state index contributed by atoms with van der Waals surface area (Å²) in [4.78, 5) is 12.7. The van der Waals surface area contributed by atoms with E-state index in [1.54, 1.807) is 42.5 Å². The van der Waals surface area contributed by atoms with E-state index in [9.17, 15) is 18.0 Å². The zero-order valence-electron chi connectivity index (χ0n) is 17.6. The van der Waals surface area contributed by atoms with Crippen molar-refractivity contribution in [3.63, 3.8) is 0 Å². The van der Waals surface area contributed by atoms with Crippen LogP contribution in [0.4, 0.5) is 24.7 Å². The molecule has 33 heavy (non-hydrogen) atoms. The standard InChI is InChI=1S/C22H20ClF3N4O3/c1-32-17-8-7-14(9-18(17)33-2)27-21(31)16-11-20-28-15(12-3-5-13(23)6-4-12)10-19(22(24,25)26)30(20)29-16/h3-9,11,15,19,28H,10H2,1-2H3,(H,27,31)/t15-,19-/m1/s1. The summed E-state index contributed by atoms with van der Waals surface area (Å²) in [5.41, 5.74) is 0.874. The molecule has 1 aromatic heterocycles. The molecular formula is C22H20ClF3N4O3. The van der Waals surface area contributed by atoms with E-state index in [4.69, 9.17) is 21.1 Å². The van der Waals surface area contributed by atoms with E-state index in [1.807, 2.05) is 0 Å². The van der Waals surface area contributed by atoms with E-state index in [-0.39, 0.29) is 17.9 Å². The number of halogens is 4. The average Bonchev–Trinajstić information content (AvgIpc) is 3.22. The lowest BCUT2D eigenvalue weighted by Gasteiger charge is -2.33. The molecular weight excluding hydrogens is 461 g/mol. The minimum atomic E-state index is -4.55. The van der Waals surface area contributed by atoms with E-state index in [2.05, 4.69) is 15.7 Å². The zero-order valence-corrected chi connectivity index (χ0v) is 18.4. The van der Waals surface area contributed by atoms with Crippen LogP contribution in [0.5, 0.6) is 11.5 Å². The van der Waals surface area contributed by atoms with Crippen LogP contribution in [0.3, 0.4) is 0 Å². The molecule has 2 N–H and O–H groups in total. The maximum absolute atomic E-state index is 13.8. The topological polar surface area (TPSA) is 77.4 Å². The summed E-state index contributed by atoms with van der Waals surface area (Å²) in [6, 6.07) is 10.1. The fourth-order valence-electron chi connectivity index (χ4n) is 3.71. The number of methoxy groups -OCH3 is 2. The van der Waals surface area contributed by atoms with Crippen molar-refractivity contribution in [3.05, 3.63) is 64.8 Å². The van der Waals surface area contributed by atoms with E-state index in [0.29, 0.717) is 27.8 Å². The highest BCUT2D eigenvalue weighted by Crippen LogP contribution is 2.43. The molecule has 0 saturated carbocycles. The van der Waals surface area contributed by atoms with Gasteiger partial charge in [-0.1, -0.05) is 23.7 Å². The number of rotatable bonds is 5. The maximum Gasteiger partial charge on any atom is 0.410 e. The van der Waals surface area contributed by atoms with Gasteiger partial charge < -0.3 is 20.1 Å². The average molecular weight is 481 g/mol. The Kier molecular flexibility index (Phi) is 6.11. The third-order valence-electron chi connectivity index (χ3n) is 5.34. The fourth-order valence-corrected chi connectivity index (χ4v) is 3.83. The predicted molar refractivity (Wildman–Crippen MR) is 117 cm³/mol. The van der Waals surface area contributed by atoms with Crippen molar-refractivity contribution in [1.82, 2.24) is 9.78 Å². The summed E-state index contributed by atoms with van der Waals surface area (Å²) in [6.07, 6.45) is -4.83. The summed E-state index contributed by atoms with van der Waals surface area (Å²) in [7, 11) is 2.93. The van der Waals surface area contributed by atoms with Crippen LogP contribution in [0.15, 0.2) is 48.5 Å². The molecule has 0 unspecified atom stereocenters. The van der Waals surface area contributed by atoms with Crippen molar-refractivity contribution in [1.29, 1.82) is 0 Å². The Morgan fingerprint density at radius 2 is 1.82 bits per heavy atom. The zero-order chi connectivity index (χ0) is 23.8. The van der Waals surface area contributed by atoms with Gasteiger partial charge in [-0.25, -0.2) is 4.68 Å². The lowest BCUT2D eigenvalue weighted by Crippen LogP contribution is -2.35. The Hall–Kier alpha value is -3.40. The minimum absolute atomic E-state index is 0.0981. The molecule has 3 aromatic rings. The van der Waals surface area contributed by atoms with E-state index < -0.39 is 24.2 Å². The fraction of sp³-hybridized carbons (Fsp3) is 0.273. The monoisotopic (exact) mass is 480 g/mol. The molecule has 0 spiro atoms. The maximum atomic E-state index is 13.8. The highest BCUT2D eigenvalue weighted by Gasteiger charge is 2.46. The smallest absolute Gasteiger partial charge is 0.410 e. The Bertz CT molecular complexity index is 1160. The van der Waals surface area contributed by atoms with Gasteiger partial charge in [-0.2, -0.15) is 18.3 Å². The molecule has 7 nitrogen and oxygen atoms in total. The normalized spacial score (nSPS) is 17.6. The molecule has 1 aliphatic rings. The first-order valence-electron chi connectivity index (χ1n) is 9.91. The number of fused-ring (bicyclic) bond motifs is 1. The first-order valence-corrected chi connectivity index (χ1v) is 10.3. The minimum Gasteiger partial charge on any atom is -0.493 e. The van der Waals surface area contributed by atoms with Gasteiger partial charge in [0, 0.05) is 29.3 Å². The second-order valence-corrected chi connectivity index (χ2v) is 7.86. The molecule has 174 valence electrons. The molecule has 11 heteroatoms. The third-order valence-corrected chi connectivity index (χ3v) is 5.59. The highest BCUT2D eigenvalue weighted by molar-refractivity contribution is 6.30. The van der Waals surface area contributed by atoms with Crippen LogP contribution in [0.1, 0.15) is 34.6 Å². The van der Waals surface area contributed by atoms with Gasteiger partial charge >= 0.3 is 6.18 Å². The van der Waals surface area contributed by atoms with Crippen LogP contribution in [0.2, 0.25) is 5.02 Å². The van der Waals surface area contributed by atoms with Crippen LogP contribution >= 0.6 is 11.6 Å². The molecule has 0 saturated heterocycles. The molecule has 2 aromatic carbocycles. The van der Waals surface area contributed by atoms with E-state index >= 15 is 0 Å². The largest absolute Gasteiger partial charge is 0.493 e. The molecule has 4 rings (SSSR count). The van der Waals surface area contributed by atoms with Gasteiger partial charge in [0.25, 0.3) is 5.91 Å². The second-order valence-electron chi connectivity index (χ2n) is 7.42. The summed E-state index contributed by atoms with van der Waals surface area (Å²) in [5.74, 6) is 0.304. The van der Waals surface area contributed by atoms with Gasteiger partial charge in [0.05, 0.1) is 20.3 Å². The second kappa shape index (κ2) is 8.86. The first-order chi connectivity index (χ1) is 15.7. The number of aromatic nitrogens is 2. The van der Waals surface area contributed by atoms with Crippen molar-refractivity contribution in [3.8, 4) is 11.5 Å². The number of hydrogen-bond acceptors (Lipinski definition) is 5. The molecule has 0 radical (unpaired) electrons. The van der Waals surface area contributed by atoms with Gasteiger partial charge in [0.1, 0.15) is 5.82 Å². The summed E-state index contributed by atoms with van der Waals surface area (Å²) >= 11 is 5.90. The number of alkyl halides is 3. The summed E-state index contributed by atoms with van der Waals surface area (Å²) in [5, 5.41) is 10.1. The van der Waals surface area contributed by atoms with Crippen LogP contribution in [-0.4, -0.2) is 36.1 Å². The van der Waals surface area contributed by atoms with Crippen LogP contribution < -0.4 is 20.1 Å². The molecule has 2 heterocycles. The number of carbonyl (C=O) groups is 1. The van der Waals surface area contributed by atoms with Gasteiger partial charge in [-0.05, 0) is 29.8 Å². The summed E-state index contributed by atoms with van der Waals surface area (Å²) < 4.78 is 52.7. The Labute approximate surface area is 192 Å². The van der Waals surface area contributed by atoms with E-state index in [0.717, 1.165) is 4.68 Å². The van der Waals surface area contributed by atoms with Gasteiger partial charge in [0.2, 0.25) is 0 Å². The number of ether oxygens (including phenoxy) is 2. The Morgan fingerprint density at radius 1 is 1.12 bits per heavy atom. The number of hydrogen-bond donors (Lipinski definition) is 2. The summed E-state index contributed by atoms with van der Waals surface area (Å²) in [6.45, 7) is 0. The van der Waals surface area contributed by atoms with Crippen molar-refractivity contribution in [2.24, 2.45) is 0 Å². The number of nitrogens with one attached hydrogen (secondary N) is 2. The van der Waals surface area contributed by atoms with Crippen molar-refractivity contribution >= 4 is 29.0 Å². The molecule has 0 fully saturated rings. The Morgan fingerprint density at radius 3 is 2.45 bits per heavy atom. The quantitative estimate of drug-likeness (QED) is 0.506. The van der Waals surface area contributed by atoms with Crippen LogP contribution in [0.25, 0.3) is 0 Å². The lowest BCUT2D eigenvalue weighted by atomic mass is 9.97. The van der Waals surface area contributed by atoms with Crippen molar-refractivity contribution < 1.29 is 27.4 Å². The van der Waals surface area contributed by atoms with Crippen LogP contribution in [-0.2, 0) is 0 Å². The van der Waals surface area contributed by atoms with Crippen molar-refractivity contribution in [2.45, 2.75) is 24.7 Å². The predicted octanol–water partition coefficient (Wildman–Crippen LogP) is 5.47. The number of amides is 1. The van der Waals surface area contributed by atoms with Gasteiger partial charge in [-0.15, -0.1) is 0 Å². The molecule has 0 aliphatic carbocycles. The molecule has 1 amide bonds. The molecule has 1 aliphatic heterocycles. The highest BCUT2D eigenvalue weighted by atomic mass is 35.5. The molecule has 0 bridgehead atoms. The number of benzene rings is 2. The van der Waals surface area contributed by atoms with Crippen molar-refractivity contribution in [2.75, 3.05) is 24.9 Å². The number of nitrogens with zero attached hydrogens (tertiary/aromatic N) is 2. The lowest BCUT2D eigenvalue weighted by molar-refractivity contribution is -0.173. The SMILES string of the molecule is COc1ccc(NC(=O)c2cc3n(n2)[C@@H](C(F)(F)F)C[C@H](c2ccc(Cl)cc2)N3)cc1OC. The third kappa shape index (κ3) is 4.70. The number of carbonyl (C=O) groups excluding carboxylic acids is 1. The number of anilines is 2. The Balaban J connectivity index is 1.61.